The van der Waals surface area contributed by atoms with Gasteiger partial charge in [-0.3, -0.25) is 0 Å². The fourth-order valence-corrected chi connectivity index (χ4v) is 2.85. The summed E-state index contributed by atoms with van der Waals surface area (Å²) >= 11 is 0. The predicted molar refractivity (Wildman–Crippen MR) is 66.9 cm³/mol. The molecule has 2 aliphatic carbocycles. The van der Waals surface area contributed by atoms with Crippen LogP contribution in [0.2, 0.25) is 0 Å². The van der Waals surface area contributed by atoms with E-state index in [1.165, 1.54) is 64.2 Å². The zero-order valence-electron chi connectivity index (χ0n) is 9.88. The summed E-state index contributed by atoms with van der Waals surface area (Å²) in [6.45, 7) is 0. The minimum absolute atomic E-state index is 0.888. The number of hydrogen-bond acceptors (Lipinski definition) is 0. The molecule has 0 amide bonds. The van der Waals surface area contributed by atoms with E-state index >= 15 is 0 Å². The first-order valence-electron chi connectivity index (χ1n) is 6.81. The van der Waals surface area contributed by atoms with Gasteiger partial charge in [-0.15, -0.1) is 0 Å². The summed E-state index contributed by atoms with van der Waals surface area (Å²) in [6, 6.07) is 0. The molecule has 0 bridgehead atoms. The molecule has 2 aliphatic rings. The second kappa shape index (κ2) is 6.15. The molecule has 0 aliphatic heterocycles. The molecule has 15 heavy (non-hydrogen) atoms. The number of rotatable bonds is 2. The Balaban J connectivity index is 1.77. The van der Waals surface area contributed by atoms with Gasteiger partial charge in [-0.25, -0.2) is 0 Å². The van der Waals surface area contributed by atoms with Crippen LogP contribution in [0.15, 0.2) is 23.8 Å². The maximum atomic E-state index is 2.46. The van der Waals surface area contributed by atoms with Crippen LogP contribution >= 0.6 is 0 Å². The van der Waals surface area contributed by atoms with E-state index in [0.29, 0.717) is 0 Å². The monoisotopic (exact) mass is 204 g/mol. The van der Waals surface area contributed by atoms with Gasteiger partial charge in [0.2, 0.25) is 0 Å². The molecule has 0 saturated heterocycles. The van der Waals surface area contributed by atoms with Crippen molar-refractivity contribution < 1.29 is 0 Å². The van der Waals surface area contributed by atoms with Gasteiger partial charge >= 0.3 is 0 Å². The van der Waals surface area contributed by atoms with Gasteiger partial charge in [0, 0.05) is 0 Å². The van der Waals surface area contributed by atoms with Crippen molar-refractivity contribution in [2.24, 2.45) is 5.92 Å². The van der Waals surface area contributed by atoms with Crippen LogP contribution in [0.25, 0.3) is 0 Å². The average Bonchev–Trinajstić information content (AvgIpc) is 2.32. The summed E-state index contributed by atoms with van der Waals surface area (Å²) < 4.78 is 0. The van der Waals surface area contributed by atoms with Crippen molar-refractivity contribution >= 4 is 0 Å². The standard InChI is InChI=1S/C15H24/c1-3-8-14(9-4-1)12-7-13-15-10-5-2-6-11-15/h7,12-14H,1-6,8-11H2/b12-7+. The number of hydrogen-bond donors (Lipinski definition) is 0. The summed E-state index contributed by atoms with van der Waals surface area (Å²) in [5, 5.41) is 0. The van der Waals surface area contributed by atoms with E-state index < -0.39 is 0 Å². The highest BCUT2D eigenvalue weighted by atomic mass is 14.1. The molecule has 0 aromatic carbocycles. The summed E-state index contributed by atoms with van der Waals surface area (Å²) in [5.74, 6) is 0.888. The summed E-state index contributed by atoms with van der Waals surface area (Å²) in [7, 11) is 0. The molecule has 2 saturated carbocycles. The van der Waals surface area contributed by atoms with E-state index in [2.05, 4.69) is 18.2 Å². The van der Waals surface area contributed by atoms with Gasteiger partial charge in [-0.1, -0.05) is 49.5 Å². The van der Waals surface area contributed by atoms with Crippen LogP contribution in [0.4, 0.5) is 0 Å². The quantitative estimate of drug-likeness (QED) is 0.593. The zero-order valence-corrected chi connectivity index (χ0v) is 9.88. The second-order valence-corrected chi connectivity index (χ2v) is 5.17. The SMILES string of the molecule is C(/C=C/C1CCCCC1)=C1CCCCC1. The molecule has 0 radical (unpaired) electrons. The van der Waals surface area contributed by atoms with Gasteiger partial charge < -0.3 is 0 Å². The molecule has 0 aromatic heterocycles. The minimum Gasteiger partial charge on any atom is -0.0814 e. The first kappa shape index (κ1) is 11.0. The van der Waals surface area contributed by atoms with E-state index in [0.717, 1.165) is 5.92 Å². The van der Waals surface area contributed by atoms with Crippen LogP contribution in [-0.4, -0.2) is 0 Å². The van der Waals surface area contributed by atoms with Crippen molar-refractivity contribution in [3.05, 3.63) is 23.8 Å². The van der Waals surface area contributed by atoms with Gasteiger partial charge in [-0.05, 0) is 44.4 Å². The van der Waals surface area contributed by atoms with Crippen LogP contribution in [-0.2, 0) is 0 Å². The highest BCUT2D eigenvalue weighted by molar-refractivity contribution is 5.14. The van der Waals surface area contributed by atoms with Crippen LogP contribution in [0.3, 0.4) is 0 Å². The zero-order chi connectivity index (χ0) is 10.3. The molecular formula is C15H24. The van der Waals surface area contributed by atoms with Gasteiger partial charge in [0.05, 0.1) is 0 Å². The van der Waals surface area contributed by atoms with Gasteiger partial charge in [0.15, 0.2) is 0 Å². The van der Waals surface area contributed by atoms with Gasteiger partial charge in [0.1, 0.15) is 0 Å². The average molecular weight is 204 g/mol. The number of allylic oxidation sites excluding steroid dienone is 4. The molecule has 0 spiro atoms. The lowest BCUT2D eigenvalue weighted by Gasteiger charge is -2.17. The van der Waals surface area contributed by atoms with Crippen molar-refractivity contribution in [1.82, 2.24) is 0 Å². The Labute approximate surface area is 94.5 Å². The largest absolute Gasteiger partial charge is 0.0814 e. The Morgan fingerprint density at radius 3 is 2.20 bits per heavy atom. The third-order valence-electron chi connectivity index (χ3n) is 3.86. The third-order valence-corrected chi connectivity index (χ3v) is 3.86. The maximum Gasteiger partial charge on any atom is -0.0230 e. The molecule has 0 N–H and O–H groups in total. The minimum atomic E-state index is 0.888. The summed E-state index contributed by atoms with van der Waals surface area (Å²) in [6.07, 6.45) is 21.4. The van der Waals surface area contributed by atoms with Crippen LogP contribution in [0.5, 0.6) is 0 Å². The molecule has 2 rings (SSSR count). The fraction of sp³-hybridized carbons (Fsp3) is 0.733. The predicted octanol–water partition coefficient (Wildman–Crippen LogP) is 5.01. The van der Waals surface area contributed by atoms with E-state index in [-0.39, 0.29) is 0 Å². The topological polar surface area (TPSA) is 0 Å². The van der Waals surface area contributed by atoms with Crippen molar-refractivity contribution in [2.45, 2.75) is 64.2 Å². The highest BCUT2D eigenvalue weighted by Gasteiger charge is 2.09. The van der Waals surface area contributed by atoms with Crippen molar-refractivity contribution in [3.8, 4) is 0 Å². The molecule has 0 heteroatoms. The summed E-state index contributed by atoms with van der Waals surface area (Å²) in [5.41, 5.74) is 1.69. The van der Waals surface area contributed by atoms with Crippen LogP contribution in [0, 0.1) is 5.92 Å². The summed E-state index contributed by atoms with van der Waals surface area (Å²) in [4.78, 5) is 0. The Morgan fingerprint density at radius 1 is 0.800 bits per heavy atom. The van der Waals surface area contributed by atoms with Crippen LogP contribution < -0.4 is 0 Å². The fourth-order valence-electron chi connectivity index (χ4n) is 2.85. The molecule has 0 aromatic rings. The lowest BCUT2D eigenvalue weighted by molar-refractivity contribution is 0.419. The van der Waals surface area contributed by atoms with Gasteiger partial charge in [0.25, 0.3) is 0 Å². The van der Waals surface area contributed by atoms with Crippen LogP contribution in [0.1, 0.15) is 64.2 Å². The Kier molecular flexibility index (Phi) is 4.50. The van der Waals surface area contributed by atoms with Crippen molar-refractivity contribution in [3.63, 3.8) is 0 Å². The molecular weight excluding hydrogens is 180 g/mol. The van der Waals surface area contributed by atoms with Gasteiger partial charge in [-0.2, -0.15) is 0 Å². The van der Waals surface area contributed by atoms with Crippen molar-refractivity contribution in [2.75, 3.05) is 0 Å². The Hall–Kier alpha value is -0.520. The molecule has 0 atom stereocenters. The first-order chi connectivity index (χ1) is 7.45. The lowest BCUT2D eigenvalue weighted by atomic mass is 9.88. The normalized spacial score (nSPS) is 24.7. The molecule has 0 heterocycles. The third kappa shape index (κ3) is 3.85. The second-order valence-electron chi connectivity index (χ2n) is 5.17. The molecule has 0 unspecified atom stereocenters. The molecule has 0 nitrogen and oxygen atoms in total. The smallest absolute Gasteiger partial charge is 0.0230 e. The van der Waals surface area contributed by atoms with E-state index in [1.807, 2.05) is 0 Å². The molecule has 84 valence electrons. The maximum absolute atomic E-state index is 2.46. The van der Waals surface area contributed by atoms with E-state index in [1.54, 1.807) is 5.57 Å². The first-order valence-corrected chi connectivity index (χ1v) is 6.81. The highest BCUT2D eigenvalue weighted by Crippen LogP contribution is 2.25. The van der Waals surface area contributed by atoms with E-state index in [9.17, 15) is 0 Å². The lowest BCUT2D eigenvalue weighted by Crippen LogP contribution is -2.02. The van der Waals surface area contributed by atoms with Crippen molar-refractivity contribution in [1.29, 1.82) is 0 Å². The Bertz CT molecular complexity index is 220. The molecule has 2 fully saturated rings. The van der Waals surface area contributed by atoms with E-state index in [4.69, 9.17) is 0 Å². The Morgan fingerprint density at radius 2 is 1.47 bits per heavy atom.